The maximum Gasteiger partial charge on any atom is 0.159 e. The topological polar surface area (TPSA) is 41.5 Å². The summed E-state index contributed by atoms with van der Waals surface area (Å²) in [7, 11) is 0. The fourth-order valence-corrected chi connectivity index (χ4v) is 2.62. The Bertz CT molecular complexity index is 832. The number of anilines is 1. The minimum atomic E-state index is 0.0471. The Labute approximate surface area is 180 Å². The van der Waals surface area contributed by atoms with Crippen molar-refractivity contribution in [2.45, 2.75) is 47.0 Å². The van der Waals surface area contributed by atoms with E-state index in [1.54, 1.807) is 25.1 Å². The van der Waals surface area contributed by atoms with E-state index in [4.69, 9.17) is 11.6 Å². The molecule has 2 aromatic carbocycles. The van der Waals surface area contributed by atoms with E-state index in [1.165, 1.54) is 19.3 Å². The summed E-state index contributed by atoms with van der Waals surface area (Å²) >= 11 is 5.93. The van der Waals surface area contributed by atoms with Crippen LogP contribution in [0.1, 0.15) is 62.9 Å². The highest BCUT2D eigenvalue weighted by molar-refractivity contribution is 6.30. The lowest BCUT2D eigenvalue weighted by molar-refractivity contribution is 0.101. The SMILES string of the molecule is C=C/C=C(\N=C(C)Nc1ccc(C(C)=O)cc1)c1ccc(Cl)cc1.CCCCC. The van der Waals surface area contributed by atoms with Crippen molar-refractivity contribution < 1.29 is 4.79 Å². The molecule has 0 aliphatic rings. The van der Waals surface area contributed by atoms with Crippen molar-refractivity contribution in [3.8, 4) is 0 Å². The van der Waals surface area contributed by atoms with Gasteiger partial charge in [-0.05, 0) is 56.3 Å². The molecule has 0 saturated carbocycles. The molecule has 0 atom stereocenters. The quantitative estimate of drug-likeness (QED) is 0.219. The lowest BCUT2D eigenvalue weighted by Gasteiger charge is -2.08. The number of unbranched alkanes of at least 4 members (excludes halogenated alkanes) is 2. The molecule has 0 bridgehead atoms. The van der Waals surface area contributed by atoms with E-state index in [-0.39, 0.29) is 5.78 Å². The molecule has 0 radical (unpaired) electrons. The maximum atomic E-state index is 11.3. The number of amidine groups is 1. The van der Waals surface area contributed by atoms with E-state index in [9.17, 15) is 4.79 Å². The molecule has 0 aliphatic heterocycles. The third kappa shape index (κ3) is 9.40. The highest BCUT2D eigenvalue weighted by atomic mass is 35.5. The zero-order chi connectivity index (χ0) is 21.6. The van der Waals surface area contributed by atoms with Crippen molar-refractivity contribution >= 4 is 34.6 Å². The van der Waals surface area contributed by atoms with E-state index in [0.717, 1.165) is 22.8 Å². The molecule has 0 spiro atoms. The predicted molar refractivity (Wildman–Crippen MR) is 128 cm³/mol. The van der Waals surface area contributed by atoms with Crippen molar-refractivity contribution in [2.75, 3.05) is 5.32 Å². The smallest absolute Gasteiger partial charge is 0.159 e. The number of rotatable bonds is 7. The standard InChI is InChI=1S/C20H19ClN2O.C5H12/c1-4-5-20(17-6-10-18(21)11-7-17)23-15(3)22-19-12-8-16(9-13-19)14(2)24;1-3-5-4-2/h4-13H,1H2,2-3H3,(H,22,23);3-5H2,1-2H3/b20-5-;. The molecule has 154 valence electrons. The molecule has 0 aliphatic carbocycles. The maximum absolute atomic E-state index is 11.3. The zero-order valence-electron chi connectivity index (χ0n) is 17.8. The average Bonchev–Trinajstić information content (AvgIpc) is 2.70. The summed E-state index contributed by atoms with van der Waals surface area (Å²) in [5, 5.41) is 3.90. The predicted octanol–water partition coefficient (Wildman–Crippen LogP) is 7.80. The minimum absolute atomic E-state index is 0.0471. The van der Waals surface area contributed by atoms with Crippen LogP contribution in [0.25, 0.3) is 5.70 Å². The van der Waals surface area contributed by atoms with Gasteiger partial charge in [-0.2, -0.15) is 0 Å². The van der Waals surface area contributed by atoms with E-state index in [0.29, 0.717) is 10.6 Å². The Morgan fingerprint density at radius 1 is 1.00 bits per heavy atom. The van der Waals surface area contributed by atoms with Crippen LogP contribution < -0.4 is 5.32 Å². The zero-order valence-corrected chi connectivity index (χ0v) is 18.6. The van der Waals surface area contributed by atoms with Gasteiger partial charge in [0.15, 0.2) is 5.78 Å². The van der Waals surface area contributed by atoms with Gasteiger partial charge in [-0.25, -0.2) is 4.99 Å². The molecule has 2 rings (SSSR count). The van der Waals surface area contributed by atoms with Gasteiger partial charge in [0.2, 0.25) is 0 Å². The Hall–Kier alpha value is -2.65. The largest absolute Gasteiger partial charge is 0.344 e. The summed E-state index contributed by atoms with van der Waals surface area (Å²) in [5.41, 5.74) is 3.29. The van der Waals surface area contributed by atoms with Gasteiger partial charge in [-0.1, -0.05) is 69.5 Å². The van der Waals surface area contributed by atoms with Crippen molar-refractivity contribution in [3.63, 3.8) is 0 Å². The number of aliphatic imine (C=N–C) groups is 1. The molecular formula is C25H31ClN2O. The molecule has 0 fully saturated rings. The van der Waals surface area contributed by atoms with Crippen LogP contribution in [0.2, 0.25) is 5.02 Å². The average molecular weight is 411 g/mol. The van der Waals surface area contributed by atoms with E-state index in [1.807, 2.05) is 49.4 Å². The first kappa shape index (κ1) is 24.4. The second-order valence-electron chi connectivity index (χ2n) is 6.60. The van der Waals surface area contributed by atoms with Gasteiger partial charge in [-0.3, -0.25) is 4.79 Å². The summed E-state index contributed by atoms with van der Waals surface area (Å²) in [4.78, 5) is 15.9. The van der Waals surface area contributed by atoms with Crippen molar-refractivity contribution in [2.24, 2.45) is 4.99 Å². The lowest BCUT2D eigenvalue weighted by Crippen LogP contribution is -2.07. The number of carbonyl (C=O) groups excluding carboxylic acids is 1. The van der Waals surface area contributed by atoms with Crippen LogP contribution >= 0.6 is 11.6 Å². The number of carbonyl (C=O) groups is 1. The Kier molecular flexibility index (Phi) is 11.4. The Morgan fingerprint density at radius 3 is 2.00 bits per heavy atom. The molecule has 0 heterocycles. The normalized spacial score (nSPS) is 11.3. The number of allylic oxidation sites excluding steroid dienone is 2. The van der Waals surface area contributed by atoms with E-state index < -0.39 is 0 Å². The molecule has 1 N–H and O–H groups in total. The lowest BCUT2D eigenvalue weighted by atomic mass is 10.1. The minimum Gasteiger partial charge on any atom is -0.344 e. The van der Waals surface area contributed by atoms with Crippen molar-refractivity contribution in [1.29, 1.82) is 0 Å². The molecule has 0 aromatic heterocycles. The summed E-state index contributed by atoms with van der Waals surface area (Å²) in [6.07, 6.45) is 7.61. The number of ketones is 1. The van der Waals surface area contributed by atoms with E-state index >= 15 is 0 Å². The number of benzene rings is 2. The van der Waals surface area contributed by atoms with Crippen LogP contribution in [0.3, 0.4) is 0 Å². The molecular weight excluding hydrogens is 380 g/mol. The molecule has 0 unspecified atom stereocenters. The highest BCUT2D eigenvalue weighted by Crippen LogP contribution is 2.20. The fraction of sp³-hybridized carbons (Fsp3) is 0.280. The molecule has 29 heavy (non-hydrogen) atoms. The van der Waals surface area contributed by atoms with Crippen LogP contribution in [-0.2, 0) is 0 Å². The number of hydrogen-bond donors (Lipinski definition) is 1. The van der Waals surface area contributed by atoms with Crippen molar-refractivity contribution in [1.82, 2.24) is 0 Å². The van der Waals surface area contributed by atoms with Gasteiger partial charge >= 0.3 is 0 Å². The van der Waals surface area contributed by atoms with Gasteiger partial charge in [0.1, 0.15) is 5.84 Å². The molecule has 3 nitrogen and oxygen atoms in total. The third-order valence-corrected chi connectivity index (χ3v) is 4.28. The molecule has 0 saturated heterocycles. The first-order chi connectivity index (χ1) is 13.9. The van der Waals surface area contributed by atoms with Crippen LogP contribution in [0.4, 0.5) is 5.69 Å². The number of hydrogen-bond acceptors (Lipinski definition) is 2. The Balaban J connectivity index is 0.000000749. The van der Waals surface area contributed by atoms with Crippen LogP contribution in [-0.4, -0.2) is 11.6 Å². The molecule has 4 heteroatoms. The fourth-order valence-electron chi connectivity index (χ4n) is 2.49. The second-order valence-corrected chi connectivity index (χ2v) is 7.04. The second kappa shape index (κ2) is 13.5. The van der Waals surface area contributed by atoms with Crippen LogP contribution in [0, 0.1) is 0 Å². The van der Waals surface area contributed by atoms with Gasteiger partial charge in [0, 0.05) is 21.8 Å². The number of halogens is 1. The van der Waals surface area contributed by atoms with Gasteiger partial charge in [-0.15, -0.1) is 0 Å². The van der Waals surface area contributed by atoms with Gasteiger partial charge in [0.25, 0.3) is 0 Å². The highest BCUT2D eigenvalue weighted by Gasteiger charge is 2.02. The Morgan fingerprint density at radius 2 is 1.55 bits per heavy atom. The summed E-state index contributed by atoms with van der Waals surface area (Å²) < 4.78 is 0. The van der Waals surface area contributed by atoms with Crippen LogP contribution in [0.5, 0.6) is 0 Å². The summed E-state index contributed by atoms with van der Waals surface area (Å²) in [6, 6.07) is 14.8. The first-order valence-corrected chi connectivity index (χ1v) is 10.3. The molecule has 2 aromatic rings. The first-order valence-electron chi connectivity index (χ1n) is 9.93. The van der Waals surface area contributed by atoms with Gasteiger partial charge in [0.05, 0.1) is 5.70 Å². The van der Waals surface area contributed by atoms with Gasteiger partial charge < -0.3 is 5.32 Å². The number of nitrogens with one attached hydrogen (secondary N) is 1. The number of Topliss-reactive ketones (excluding diaryl/α,β-unsaturated/α-hetero) is 1. The molecule has 0 amide bonds. The van der Waals surface area contributed by atoms with E-state index in [2.05, 4.69) is 30.7 Å². The third-order valence-electron chi connectivity index (χ3n) is 4.03. The summed E-state index contributed by atoms with van der Waals surface area (Å²) in [6.45, 7) is 11.6. The van der Waals surface area contributed by atoms with Crippen molar-refractivity contribution in [3.05, 3.63) is 83.4 Å². The number of nitrogens with zero attached hydrogens (tertiary/aromatic N) is 1. The van der Waals surface area contributed by atoms with Crippen LogP contribution in [0.15, 0.2) is 72.3 Å². The monoisotopic (exact) mass is 410 g/mol. The summed E-state index contributed by atoms with van der Waals surface area (Å²) in [5.74, 6) is 0.777.